The van der Waals surface area contributed by atoms with E-state index < -0.39 is 20.2 Å². The van der Waals surface area contributed by atoms with Crippen molar-refractivity contribution >= 4 is 20.2 Å². The summed E-state index contributed by atoms with van der Waals surface area (Å²) in [6, 6.07) is 1.85. The molecular weight excluding hydrogens is 286 g/mol. The quantitative estimate of drug-likeness (QED) is 0.593. The van der Waals surface area contributed by atoms with E-state index in [-0.39, 0.29) is 0 Å². The van der Waals surface area contributed by atoms with Crippen molar-refractivity contribution in [3.05, 3.63) is 24.3 Å². The first-order valence-electron chi connectivity index (χ1n) is 3.94. The van der Waals surface area contributed by atoms with E-state index >= 15 is 0 Å². The van der Waals surface area contributed by atoms with Crippen molar-refractivity contribution in [1.29, 1.82) is 5.26 Å². The first kappa shape index (κ1) is 18.7. The number of nitriles is 1. The molecule has 0 aliphatic heterocycles. The minimum absolute atomic E-state index is 0.354. The van der Waals surface area contributed by atoms with Crippen LogP contribution in [0.2, 0.25) is 0 Å². The number of hydrogen-bond acceptors (Lipinski definition) is 7. The van der Waals surface area contributed by atoms with Crippen molar-refractivity contribution in [3.63, 3.8) is 0 Å². The van der Waals surface area contributed by atoms with Gasteiger partial charge in [0, 0.05) is 12.4 Å². The van der Waals surface area contributed by atoms with Crippen molar-refractivity contribution in [1.82, 2.24) is 9.97 Å². The fourth-order valence-corrected chi connectivity index (χ4v) is 0.357. The van der Waals surface area contributed by atoms with Gasteiger partial charge >= 0.3 is 0 Å². The molecule has 0 unspecified atom stereocenters. The van der Waals surface area contributed by atoms with Crippen LogP contribution in [0.3, 0.4) is 0 Å². The molecule has 0 aliphatic carbocycles. The molecule has 0 radical (unpaired) electrons. The molecule has 0 spiro atoms. The Kier molecular flexibility index (Phi) is 8.83. The molecule has 1 aromatic heterocycles. The second-order valence-corrected chi connectivity index (χ2v) is 5.60. The zero-order chi connectivity index (χ0) is 14.8. The lowest BCUT2D eigenvalue weighted by molar-refractivity contribution is 0.488. The van der Waals surface area contributed by atoms with Crippen LogP contribution in [-0.2, 0) is 20.2 Å². The SMILES string of the molecule is CS(=O)(=O)O.CS(=O)(=O)O.N#Cc1cnccn1. The van der Waals surface area contributed by atoms with E-state index in [9.17, 15) is 16.8 Å². The Morgan fingerprint density at radius 1 is 1.11 bits per heavy atom. The number of aromatic nitrogens is 2. The average molecular weight is 297 g/mol. The molecule has 0 saturated heterocycles. The lowest BCUT2D eigenvalue weighted by Gasteiger charge is -1.79. The van der Waals surface area contributed by atoms with Gasteiger partial charge in [-0.1, -0.05) is 0 Å². The molecule has 0 bridgehead atoms. The van der Waals surface area contributed by atoms with E-state index in [1.54, 1.807) is 0 Å². The lowest BCUT2D eigenvalue weighted by Crippen LogP contribution is -1.88. The highest BCUT2D eigenvalue weighted by Crippen LogP contribution is 1.82. The molecule has 0 saturated carbocycles. The Morgan fingerprint density at radius 3 is 1.67 bits per heavy atom. The molecule has 1 heterocycles. The first-order chi connectivity index (χ1) is 7.93. The summed E-state index contributed by atoms with van der Waals surface area (Å²) in [6.07, 6.45) is 5.86. The van der Waals surface area contributed by atoms with Crippen LogP contribution < -0.4 is 0 Å². The van der Waals surface area contributed by atoms with Crippen LogP contribution in [0.4, 0.5) is 0 Å². The molecule has 0 atom stereocenters. The Hall–Kier alpha value is -1.61. The average Bonchev–Trinajstić information content (AvgIpc) is 2.14. The van der Waals surface area contributed by atoms with E-state index in [4.69, 9.17) is 14.4 Å². The summed E-state index contributed by atoms with van der Waals surface area (Å²) in [5.74, 6) is 0. The van der Waals surface area contributed by atoms with Gasteiger partial charge in [-0.05, 0) is 0 Å². The molecule has 2 N–H and O–H groups in total. The van der Waals surface area contributed by atoms with Crippen LogP contribution in [0.15, 0.2) is 18.6 Å². The van der Waals surface area contributed by atoms with Gasteiger partial charge in [0.05, 0.1) is 18.7 Å². The highest BCUT2D eigenvalue weighted by atomic mass is 32.2. The monoisotopic (exact) mass is 297 g/mol. The highest BCUT2D eigenvalue weighted by molar-refractivity contribution is 7.85. The summed E-state index contributed by atoms with van der Waals surface area (Å²) >= 11 is 0. The number of hydrogen-bond donors (Lipinski definition) is 2. The van der Waals surface area contributed by atoms with Crippen molar-refractivity contribution in [2.75, 3.05) is 12.5 Å². The minimum atomic E-state index is -3.67. The largest absolute Gasteiger partial charge is 0.286 e. The molecule has 9 nitrogen and oxygen atoms in total. The van der Waals surface area contributed by atoms with Crippen LogP contribution in [0, 0.1) is 11.3 Å². The lowest BCUT2D eigenvalue weighted by atomic mass is 10.5. The summed E-state index contributed by atoms with van der Waals surface area (Å²) in [5, 5.41) is 8.19. The zero-order valence-corrected chi connectivity index (χ0v) is 11.1. The summed E-state index contributed by atoms with van der Waals surface area (Å²) in [6.45, 7) is 0. The Morgan fingerprint density at radius 2 is 1.50 bits per heavy atom. The van der Waals surface area contributed by atoms with Crippen LogP contribution in [0.1, 0.15) is 5.69 Å². The molecule has 1 rings (SSSR count). The normalized spacial score (nSPS) is 9.94. The minimum Gasteiger partial charge on any atom is -0.286 e. The fourth-order valence-electron chi connectivity index (χ4n) is 0.357. The zero-order valence-electron chi connectivity index (χ0n) is 9.42. The van der Waals surface area contributed by atoms with Gasteiger partial charge in [-0.2, -0.15) is 22.1 Å². The van der Waals surface area contributed by atoms with Crippen molar-refractivity contribution in [2.24, 2.45) is 0 Å². The standard InChI is InChI=1S/C5H3N3.2CH4O3S/c6-3-5-4-7-1-2-8-5;2*1-5(2,3)4/h1-2,4H;2*1H3,(H,2,3,4). The van der Waals surface area contributed by atoms with Crippen LogP contribution in [-0.4, -0.2) is 48.4 Å². The fraction of sp³-hybridized carbons (Fsp3) is 0.286. The van der Waals surface area contributed by atoms with Gasteiger partial charge < -0.3 is 0 Å². The highest BCUT2D eigenvalue weighted by Gasteiger charge is 1.83. The maximum absolute atomic E-state index is 9.19. The first-order valence-corrected chi connectivity index (χ1v) is 7.64. The van der Waals surface area contributed by atoms with Gasteiger partial charge in [0.25, 0.3) is 20.2 Å². The van der Waals surface area contributed by atoms with Gasteiger partial charge in [0.2, 0.25) is 0 Å². The van der Waals surface area contributed by atoms with Crippen LogP contribution in [0.25, 0.3) is 0 Å². The topological polar surface area (TPSA) is 158 Å². The van der Waals surface area contributed by atoms with E-state index in [0.717, 1.165) is 0 Å². The molecular formula is C7H11N3O6S2. The number of nitrogens with zero attached hydrogens (tertiary/aromatic N) is 3. The second kappa shape index (κ2) is 8.48. The number of rotatable bonds is 0. The van der Waals surface area contributed by atoms with Gasteiger partial charge in [-0.15, -0.1) is 0 Å². The molecule has 1 aromatic rings. The second-order valence-electron chi connectivity index (χ2n) is 2.67. The molecule has 0 fully saturated rings. The molecule has 18 heavy (non-hydrogen) atoms. The molecule has 11 heteroatoms. The van der Waals surface area contributed by atoms with E-state index in [1.165, 1.54) is 18.6 Å². The summed E-state index contributed by atoms with van der Waals surface area (Å²) in [4.78, 5) is 7.34. The van der Waals surface area contributed by atoms with E-state index in [1.807, 2.05) is 6.07 Å². The predicted molar refractivity (Wildman–Crippen MR) is 61.7 cm³/mol. The molecule has 102 valence electrons. The van der Waals surface area contributed by atoms with Gasteiger partial charge in [0.1, 0.15) is 6.07 Å². The van der Waals surface area contributed by atoms with Gasteiger partial charge in [-0.25, -0.2) is 4.98 Å². The van der Waals surface area contributed by atoms with Crippen molar-refractivity contribution in [3.8, 4) is 6.07 Å². The molecule has 0 amide bonds. The maximum atomic E-state index is 9.19. The molecule has 0 aliphatic rings. The van der Waals surface area contributed by atoms with E-state index in [0.29, 0.717) is 18.2 Å². The van der Waals surface area contributed by atoms with Crippen LogP contribution in [0.5, 0.6) is 0 Å². The van der Waals surface area contributed by atoms with Gasteiger partial charge in [-0.3, -0.25) is 14.1 Å². The third kappa shape index (κ3) is 36.7. The van der Waals surface area contributed by atoms with Crippen molar-refractivity contribution in [2.45, 2.75) is 0 Å². The Labute approximate surface area is 105 Å². The predicted octanol–water partition coefficient (Wildman–Crippen LogP) is -0.644. The Balaban J connectivity index is 0. The molecule has 0 aromatic carbocycles. The third-order valence-electron chi connectivity index (χ3n) is 0.678. The maximum Gasteiger partial charge on any atom is 0.261 e. The van der Waals surface area contributed by atoms with Gasteiger partial charge in [0.15, 0.2) is 5.69 Å². The third-order valence-corrected chi connectivity index (χ3v) is 0.678. The summed E-state index contributed by atoms with van der Waals surface area (Å²) in [5.41, 5.74) is 0.354. The summed E-state index contributed by atoms with van der Waals surface area (Å²) in [7, 11) is -7.33. The van der Waals surface area contributed by atoms with E-state index in [2.05, 4.69) is 9.97 Å². The smallest absolute Gasteiger partial charge is 0.261 e. The summed E-state index contributed by atoms with van der Waals surface area (Å²) < 4.78 is 51.7. The Bertz CT molecular complexity index is 529. The van der Waals surface area contributed by atoms with Crippen LogP contribution >= 0.6 is 0 Å². The van der Waals surface area contributed by atoms with Crippen molar-refractivity contribution < 1.29 is 25.9 Å².